The fourth-order valence-electron chi connectivity index (χ4n) is 1.33. The molecule has 1 aromatic heterocycles. The second-order valence-electron chi connectivity index (χ2n) is 3.00. The molecule has 0 aliphatic heterocycles. The highest BCUT2D eigenvalue weighted by molar-refractivity contribution is 6.34. The quantitative estimate of drug-likeness (QED) is 0.591. The van der Waals surface area contributed by atoms with Crippen molar-refractivity contribution >= 4 is 40.2 Å². The molecule has 0 bridgehead atoms. The number of benzene rings is 1. The summed E-state index contributed by atoms with van der Waals surface area (Å²) >= 11 is 11.5. The molecule has 2 rings (SSSR count). The summed E-state index contributed by atoms with van der Waals surface area (Å²) in [7, 11) is 0. The summed E-state index contributed by atoms with van der Waals surface area (Å²) in [5.74, 6) is 0.503. The predicted molar refractivity (Wildman–Crippen MR) is 64.3 cm³/mol. The van der Waals surface area contributed by atoms with Gasteiger partial charge in [0.05, 0.1) is 5.52 Å². The zero-order valence-corrected chi connectivity index (χ0v) is 9.33. The Morgan fingerprint density at radius 2 is 2.13 bits per heavy atom. The van der Waals surface area contributed by atoms with Crippen molar-refractivity contribution in [3.63, 3.8) is 0 Å². The highest BCUT2D eigenvalue weighted by Crippen LogP contribution is 2.20. The molecule has 0 radical (unpaired) electrons. The van der Waals surface area contributed by atoms with Crippen molar-refractivity contribution in [3.05, 3.63) is 41.3 Å². The summed E-state index contributed by atoms with van der Waals surface area (Å²) in [6.45, 7) is 0. The Kier molecular flexibility index (Phi) is 3.19. The van der Waals surface area contributed by atoms with Crippen molar-refractivity contribution in [1.29, 1.82) is 0 Å². The minimum atomic E-state index is 0.480. The van der Waals surface area contributed by atoms with Crippen molar-refractivity contribution in [1.82, 2.24) is 9.97 Å². The molecule has 0 unspecified atom stereocenters. The molecule has 2 aromatic rings. The smallest absolute Gasteiger partial charge is 0.140 e. The summed E-state index contributed by atoms with van der Waals surface area (Å²) in [4.78, 5) is 8.06. The molecule has 0 amide bonds. The van der Waals surface area contributed by atoms with E-state index < -0.39 is 0 Å². The van der Waals surface area contributed by atoms with Gasteiger partial charge in [-0.25, -0.2) is 9.97 Å². The van der Waals surface area contributed by atoms with Crippen LogP contribution in [0.3, 0.4) is 0 Å². The molecular weight excluding hydrogens is 231 g/mol. The van der Waals surface area contributed by atoms with Gasteiger partial charge < -0.3 is 0 Å². The number of hydrogen-bond donors (Lipinski definition) is 0. The van der Waals surface area contributed by atoms with Crippen LogP contribution in [0.2, 0.25) is 5.15 Å². The van der Waals surface area contributed by atoms with Crippen LogP contribution in [0.5, 0.6) is 0 Å². The van der Waals surface area contributed by atoms with Gasteiger partial charge in [0.1, 0.15) is 11.5 Å². The van der Waals surface area contributed by atoms with E-state index in [2.05, 4.69) is 9.97 Å². The lowest BCUT2D eigenvalue weighted by Gasteiger charge is -1.99. The Labute approximate surface area is 97.6 Å². The lowest BCUT2D eigenvalue weighted by atomic mass is 10.1. The van der Waals surface area contributed by atoms with E-state index in [4.69, 9.17) is 23.2 Å². The molecular formula is C11H8Cl2N2. The third-order valence-electron chi connectivity index (χ3n) is 2.01. The van der Waals surface area contributed by atoms with Gasteiger partial charge in [-0.05, 0) is 17.7 Å². The van der Waals surface area contributed by atoms with Crippen molar-refractivity contribution in [2.75, 3.05) is 5.88 Å². The van der Waals surface area contributed by atoms with Gasteiger partial charge in [-0.1, -0.05) is 29.8 Å². The van der Waals surface area contributed by atoms with E-state index in [1.165, 1.54) is 6.33 Å². The first-order valence-corrected chi connectivity index (χ1v) is 5.35. The topological polar surface area (TPSA) is 25.8 Å². The number of halogens is 2. The second kappa shape index (κ2) is 4.60. The van der Waals surface area contributed by atoms with Crippen LogP contribution in [0, 0.1) is 0 Å². The minimum absolute atomic E-state index is 0.480. The number of fused-ring (bicyclic) bond motifs is 1. The maximum atomic E-state index is 5.92. The van der Waals surface area contributed by atoms with Crippen LogP contribution >= 0.6 is 23.2 Å². The lowest BCUT2D eigenvalue weighted by molar-refractivity contribution is 1.22. The van der Waals surface area contributed by atoms with Crippen LogP contribution in [0.15, 0.2) is 30.6 Å². The van der Waals surface area contributed by atoms with Gasteiger partial charge in [-0.2, -0.15) is 0 Å². The molecule has 0 saturated carbocycles. The number of nitrogens with zero attached hydrogens (tertiary/aromatic N) is 2. The van der Waals surface area contributed by atoms with Crippen LogP contribution in [0.4, 0.5) is 0 Å². The Morgan fingerprint density at radius 1 is 1.27 bits per heavy atom. The summed E-state index contributed by atoms with van der Waals surface area (Å²) < 4.78 is 0. The molecule has 2 nitrogen and oxygen atoms in total. The largest absolute Gasteiger partial charge is 0.236 e. The summed E-state index contributed by atoms with van der Waals surface area (Å²) in [5.41, 5.74) is 1.89. The molecule has 15 heavy (non-hydrogen) atoms. The average molecular weight is 239 g/mol. The number of aromatic nitrogens is 2. The SMILES string of the molecule is ClCC=Cc1ccc2c(Cl)ncnc2c1. The first-order valence-electron chi connectivity index (χ1n) is 4.44. The molecule has 0 fully saturated rings. The normalized spacial score (nSPS) is 11.3. The number of rotatable bonds is 2. The van der Waals surface area contributed by atoms with Crippen LogP contribution < -0.4 is 0 Å². The zero-order chi connectivity index (χ0) is 10.7. The van der Waals surface area contributed by atoms with Gasteiger partial charge in [-0.15, -0.1) is 11.6 Å². The van der Waals surface area contributed by atoms with Crippen molar-refractivity contribution < 1.29 is 0 Å². The maximum absolute atomic E-state index is 5.92. The van der Waals surface area contributed by atoms with E-state index in [0.29, 0.717) is 11.0 Å². The van der Waals surface area contributed by atoms with E-state index in [0.717, 1.165) is 16.5 Å². The van der Waals surface area contributed by atoms with E-state index >= 15 is 0 Å². The molecule has 0 saturated heterocycles. The third kappa shape index (κ3) is 2.28. The molecule has 76 valence electrons. The van der Waals surface area contributed by atoms with E-state index in [-0.39, 0.29) is 0 Å². The Bertz CT molecular complexity index is 509. The van der Waals surface area contributed by atoms with Gasteiger partial charge in [0.25, 0.3) is 0 Å². The van der Waals surface area contributed by atoms with E-state index in [9.17, 15) is 0 Å². The minimum Gasteiger partial charge on any atom is -0.236 e. The van der Waals surface area contributed by atoms with Gasteiger partial charge in [0.15, 0.2) is 0 Å². The zero-order valence-electron chi connectivity index (χ0n) is 7.82. The average Bonchev–Trinajstić information content (AvgIpc) is 2.26. The molecule has 0 atom stereocenters. The number of alkyl halides is 1. The Morgan fingerprint density at radius 3 is 2.93 bits per heavy atom. The monoisotopic (exact) mass is 238 g/mol. The molecule has 4 heteroatoms. The maximum Gasteiger partial charge on any atom is 0.140 e. The van der Waals surface area contributed by atoms with Crippen LogP contribution in [0.25, 0.3) is 17.0 Å². The molecule has 1 aromatic carbocycles. The van der Waals surface area contributed by atoms with Crippen LogP contribution in [-0.4, -0.2) is 15.8 Å². The standard InChI is InChI=1S/C11H8Cl2N2/c12-5-1-2-8-3-4-9-10(6-8)14-7-15-11(9)13/h1-4,6-7H,5H2. The van der Waals surface area contributed by atoms with Gasteiger partial charge in [0, 0.05) is 11.3 Å². The van der Waals surface area contributed by atoms with E-state index in [1.807, 2.05) is 30.4 Å². The van der Waals surface area contributed by atoms with Gasteiger partial charge in [-0.3, -0.25) is 0 Å². The Hall–Kier alpha value is -1.12. The summed E-state index contributed by atoms with van der Waals surface area (Å²) in [5, 5.41) is 1.34. The van der Waals surface area contributed by atoms with Crippen molar-refractivity contribution in [2.24, 2.45) is 0 Å². The number of hydrogen-bond acceptors (Lipinski definition) is 2. The highest BCUT2D eigenvalue weighted by atomic mass is 35.5. The summed E-state index contributed by atoms with van der Waals surface area (Å²) in [6.07, 6.45) is 5.29. The highest BCUT2D eigenvalue weighted by Gasteiger charge is 2.00. The van der Waals surface area contributed by atoms with E-state index in [1.54, 1.807) is 0 Å². The predicted octanol–water partition coefficient (Wildman–Crippen LogP) is 3.54. The second-order valence-corrected chi connectivity index (χ2v) is 3.66. The van der Waals surface area contributed by atoms with Gasteiger partial charge >= 0.3 is 0 Å². The summed E-state index contributed by atoms with van der Waals surface area (Å²) in [6, 6.07) is 5.82. The first-order chi connectivity index (χ1) is 7.31. The molecule has 1 heterocycles. The Balaban J connectivity index is 2.52. The van der Waals surface area contributed by atoms with Crippen LogP contribution in [0.1, 0.15) is 5.56 Å². The molecule has 0 aliphatic carbocycles. The van der Waals surface area contributed by atoms with Gasteiger partial charge in [0.2, 0.25) is 0 Å². The first kappa shape index (κ1) is 10.4. The van der Waals surface area contributed by atoms with Crippen molar-refractivity contribution in [2.45, 2.75) is 0 Å². The molecule has 0 aliphatic rings. The molecule has 0 spiro atoms. The van der Waals surface area contributed by atoms with Crippen molar-refractivity contribution in [3.8, 4) is 0 Å². The number of allylic oxidation sites excluding steroid dienone is 1. The fourth-order valence-corrected chi connectivity index (χ4v) is 1.62. The lowest BCUT2D eigenvalue weighted by Crippen LogP contribution is -1.84. The van der Waals surface area contributed by atoms with Crippen LogP contribution in [-0.2, 0) is 0 Å². The fraction of sp³-hybridized carbons (Fsp3) is 0.0909. The molecule has 0 N–H and O–H groups in total. The third-order valence-corrected chi connectivity index (χ3v) is 2.49.